The third kappa shape index (κ3) is 5.16. The summed E-state index contributed by atoms with van der Waals surface area (Å²) in [5.74, 6) is 0. The number of hydrogen-bond acceptors (Lipinski definition) is 5. The summed E-state index contributed by atoms with van der Waals surface area (Å²) in [6, 6.07) is 0. The fraction of sp³-hybridized carbons (Fsp3) is 1.00. The second-order valence-electron chi connectivity index (χ2n) is 3.99. The predicted molar refractivity (Wildman–Crippen MR) is 67.8 cm³/mol. The molecule has 0 saturated carbocycles. The Hall–Kier alpha value is 0.230. The maximum Gasteiger partial charge on any atom is 0.330 e. The van der Waals surface area contributed by atoms with Gasteiger partial charge in [-0.1, -0.05) is 20.8 Å². The molecule has 3 atom stereocenters. The average molecular weight is 265 g/mol. The van der Waals surface area contributed by atoms with E-state index < -0.39 is 8.60 Å². The second kappa shape index (κ2) is 8.35. The summed E-state index contributed by atoms with van der Waals surface area (Å²) >= 11 is 0. The second-order valence-corrected chi connectivity index (χ2v) is 4.94. The van der Waals surface area contributed by atoms with Crippen molar-refractivity contribution >= 4 is 8.60 Å². The van der Waals surface area contributed by atoms with Gasteiger partial charge in [-0.15, -0.1) is 0 Å². The van der Waals surface area contributed by atoms with Gasteiger partial charge < -0.3 is 23.6 Å². The molecule has 2 rings (SSSR count). The first-order chi connectivity index (χ1) is 8.21. The van der Waals surface area contributed by atoms with Gasteiger partial charge in [0.25, 0.3) is 0 Å². The molecule has 5 nitrogen and oxygen atoms in total. The van der Waals surface area contributed by atoms with Gasteiger partial charge in [-0.3, -0.25) is 0 Å². The highest BCUT2D eigenvalue weighted by molar-refractivity contribution is 7.40. The molecule has 17 heavy (non-hydrogen) atoms. The van der Waals surface area contributed by atoms with E-state index in [0.29, 0.717) is 6.61 Å². The highest BCUT2D eigenvalue weighted by Gasteiger charge is 2.36. The molecule has 2 heterocycles. The molecule has 0 aromatic carbocycles. The van der Waals surface area contributed by atoms with Gasteiger partial charge >= 0.3 is 8.60 Å². The van der Waals surface area contributed by atoms with E-state index in [0.717, 1.165) is 13.0 Å². The Morgan fingerprint density at radius 3 is 2.35 bits per heavy atom. The van der Waals surface area contributed by atoms with Crippen molar-refractivity contribution < 1.29 is 18.7 Å². The lowest BCUT2D eigenvalue weighted by Crippen LogP contribution is -2.31. The van der Waals surface area contributed by atoms with Crippen molar-refractivity contribution in [3.63, 3.8) is 0 Å². The molecule has 2 aliphatic rings. The zero-order valence-electron chi connectivity index (χ0n) is 11.0. The highest BCUT2D eigenvalue weighted by atomic mass is 31.2. The lowest BCUT2D eigenvalue weighted by molar-refractivity contribution is -0.0212. The Labute approximate surface area is 105 Å². The molecule has 0 bridgehead atoms. The van der Waals surface area contributed by atoms with Gasteiger partial charge in [0, 0.05) is 13.0 Å². The maximum atomic E-state index is 8.92. The predicted octanol–water partition coefficient (Wildman–Crippen LogP) is 1.76. The van der Waals surface area contributed by atoms with Gasteiger partial charge in [0.1, 0.15) is 6.10 Å². The summed E-state index contributed by atoms with van der Waals surface area (Å²) in [4.78, 5) is 11.3. The van der Waals surface area contributed by atoms with E-state index in [1.165, 1.54) is 19.6 Å². The summed E-state index contributed by atoms with van der Waals surface area (Å²) in [6.07, 6.45) is 1.02. The molecule has 3 unspecified atom stereocenters. The van der Waals surface area contributed by atoms with Crippen LogP contribution in [0.5, 0.6) is 0 Å². The Bertz CT molecular complexity index is 198. The Morgan fingerprint density at radius 2 is 1.82 bits per heavy atom. The average Bonchev–Trinajstić information content (AvgIpc) is 2.79. The third-order valence-corrected chi connectivity index (χ3v) is 3.89. The molecular weight excluding hydrogens is 241 g/mol. The van der Waals surface area contributed by atoms with Crippen LogP contribution in [-0.2, 0) is 13.8 Å². The molecule has 1 N–H and O–H groups in total. The quantitative estimate of drug-likeness (QED) is 0.788. The Balaban J connectivity index is 0.000000185. The zero-order valence-corrected chi connectivity index (χ0v) is 11.9. The molecular formula is C11H24NO4P. The van der Waals surface area contributed by atoms with E-state index in [9.17, 15) is 0 Å². The first kappa shape index (κ1) is 15.3. The fourth-order valence-corrected chi connectivity index (χ4v) is 2.67. The normalized spacial score (nSPS) is 31.9. The van der Waals surface area contributed by atoms with Crippen molar-refractivity contribution in [2.24, 2.45) is 0 Å². The van der Waals surface area contributed by atoms with Gasteiger partial charge in [-0.2, -0.15) is 0 Å². The van der Waals surface area contributed by atoms with Crippen molar-refractivity contribution in [1.82, 2.24) is 4.90 Å². The number of nitrogens with zero attached hydrogens (tertiary/aromatic N) is 1. The van der Waals surface area contributed by atoms with E-state index in [-0.39, 0.29) is 12.2 Å². The summed E-state index contributed by atoms with van der Waals surface area (Å²) < 4.78 is 15.2. The van der Waals surface area contributed by atoms with E-state index in [1.54, 1.807) is 0 Å². The van der Waals surface area contributed by atoms with Crippen LogP contribution >= 0.6 is 8.60 Å². The molecule has 2 fully saturated rings. The molecule has 102 valence electrons. The van der Waals surface area contributed by atoms with E-state index in [2.05, 4.69) is 25.7 Å². The van der Waals surface area contributed by atoms with E-state index in [1.807, 2.05) is 0 Å². The fourth-order valence-electron chi connectivity index (χ4n) is 1.86. The topological polar surface area (TPSA) is 51.2 Å². The van der Waals surface area contributed by atoms with Gasteiger partial charge in [-0.05, 0) is 19.6 Å². The first-order valence-corrected chi connectivity index (χ1v) is 7.46. The molecule has 0 spiro atoms. The molecule has 0 aromatic rings. The maximum absolute atomic E-state index is 8.92. The lowest BCUT2D eigenvalue weighted by Gasteiger charge is -2.26. The molecule has 2 aliphatic heterocycles. The van der Waals surface area contributed by atoms with Gasteiger partial charge in [0.15, 0.2) is 0 Å². The number of fused-ring (bicyclic) bond motifs is 1. The van der Waals surface area contributed by atoms with Crippen LogP contribution in [0.3, 0.4) is 0 Å². The summed E-state index contributed by atoms with van der Waals surface area (Å²) in [7, 11) is -1.60. The smallest absolute Gasteiger partial charge is 0.330 e. The minimum Gasteiger partial charge on any atom is -0.373 e. The van der Waals surface area contributed by atoms with Crippen LogP contribution in [0, 0.1) is 0 Å². The highest BCUT2D eigenvalue weighted by Crippen LogP contribution is 2.42. The third-order valence-electron chi connectivity index (χ3n) is 3.07. The van der Waals surface area contributed by atoms with Crippen LogP contribution in [0.1, 0.15) is 27.2 Å². The monoisotopic (exact) mass is 265 g/mol. The molecule has 2 saturated heterocycles. The molecule has 6 heteroatoms. The van der Waals surface area contributed by atoms with Gasteiger partial charge in [0.2, 0.25) is 0 Å². The van der Waals surface area contributed by atoms with Crippen molar-refractivity contribution in [2.75, 3.05) is 32.8 Å². The largest absolute Gasteiger partial charge is 0.373 e. The lowest BCUT2D eigenvalue weighted by atomic mass is 10.2. The van der Waals surface area contributed by atoms with Gasteiger partial charge in [0.05, 0.1) is 12.7 Å². The van der Waals surface area contributed by atoms with E-state index >= 15 is 0 Å². The van der Waals surface area contributed by atoms with Crippen molar-refractivity contribution in [3.05, 3.63) is 0 Å². The van der Waals surface area contributed by atoms with Crippen molar-refractivity contribution in [2.45, 2.75) is 39.4 Å². The summed E-state index contributed by atoms with van der Waals surface area (Å²) in [5.41, 5.74) is 0. The summed E-state index contributed by atoms with van der Waals surface area (Å²) in [5, 5.41) is 0. The minimum atomic E-state index is -1.60. The minimum absolute atomic E-state index is 0.0610. The number of hydrogen-bond donors (Lipinski definition) is 1. The van der Waals surface area contributed by atoms with Crippen molar-refractivity contribution in [1.29, 1.82) is 0 Å². The molecule has 0 aliphatic carbocycles. The van der Waals surface area contributed by atoms with Crippen molar-refractivity contribution in [3.8, 4) is 0 Å². The number of rotatable bonds is 3. The molecule has 0 aromatic heterocycles. The molecule has 0 radical (unpaired) electrons. The van der Waals surface area contributed by atoms with Crippen LogP contribution in [0.15, 0.2) is 0 Å². The van der Waals surface area contributed by atoms with Crippen LogP contribution in [-0.4, -0.2) is 54.8 Å². The Morgan fingerprint density at radius 1 is 1.18 bits per heavy atom. The van der Waals surface area contributed by atoms with Crippen LogP contribution in [0.4, 0.5) is 0 Å². The van der Waals surface area contributed by atoms with E-state index in [4.69, 9.17) is 18.7 Å². The standard InChI is InChI=1S/C6H15N.C5H9O4P/c1-4-7(5-2)6-3;6-10-8-3-5-4(9-10)1-2-7-5/h4-6H2,1-3H3;4-6H,1-3H2. The Kier molecular flexibility index (Phi) is 7.51. The van der Waals surface area contributed by atoms with Gasteiger partial charge in [-0.25, -0.2) is 0 Å². The summed E-state index contributed by atoms with van der Waals surface area (Å²) in [6.45, 7) is 11.3. The van der Waals surface area contributed by atoms with Crippen LogP contribution < -0.4 is 0 Å². The van der Waals surface area contributed by atoms with Crippen LogP contribution in [0.25, 0.3) is 0 Å². The zero-order chi connectivity index (χ0) is 12.7. The SMILES string of the molecule is CCN(CC)CC.OP1OCC2OCCC2O1. The first-order valence-electron chi connectivity index (χ1n) is 6.33. The van der Waals surface area contributed by atoms with Crippen LogP contribution in [0.2, 0.25) is 0 Å². The number of ether oxygens (including phenoxy) is 1. The molecule has 0 amide bonds.